The van der Waals surface area contributed by atoms with Gasteiger partial charge in [0.05, 0.1) is 5.88 Å². The lowest BCUT2D eigenvalue weighted by molar-refractivity contribution is -0.110. The van der Waals surface area contributed by atoms with Crippen LogP contribution in [0.25, 0.3) is 0 Å². The highest BCUT2D eigenvalue weighted by atomic mass is 32.2. The van der Waals surface area contributed by atoms with Gasteiger partial charge in [-0.3, -0.25) is 14.8 Å². The van der Waals surface area contributed by atoms with E-state index in [2.05, 4.69) is 51.0 Å². The van der Waals surface area contributed by atoms with Crippen LogP contribution in [0, 0.1) is 0 Å². The van der Waals surface area contributed by atoms with E-state index in [-0.39, 0.29) is 5.91 Å². The molecule has 0 radical (unpaired) electrons. The number of aliphatic imine (C=N–C) groups is 2. The van der Waals surface area contributed by atoms with E-state index in [4.69, 9.17) is 0 Å². The van der Waals surface area contributed by atoms with Gasteiger partial charge in [0.1, 0.15) is 11.5 Å². The summed E-state index contributed by atoms with van der Waals surface area (Å²) in [7, 11) is 0. The quantitative estimate of drug-likeness (QED) is 0.819. The lowest BCUT2D eigenvalue weighted by Crippen LogP contribution is -2.25. The minimum Gasteiger partial charge on any atom is -0.344 e. The predicted octanol–water partition coefficient (Wildman–Crippen LogP) is 3.64. The van der Waals surface area contributed by atoms with E-state index in [1.165, 1.54) is 5.56 Å². The molecule has 2 aliphatic rings. The molecular formula is C22H22N4OS. The maximum absolute atomic E-state index is 12.2. The Morgan fingerprint density at radius 3 is 2.64 bits per heavy atom. The van der Waals surface area contributed by atoms with Gasteiger partial charge in [0, 0.05) is 35.7 Å². The molecule has 1 amide bonds. The highest BCUT2D eigenvalue weighted by Gasteiger charge is 2.16. The van der Waals surface area contributed by atoms with Crippen LogP contribution >= 0.6 is 11.8 Å². The van der Waals surface area contributed by atoms with Crippen molar-refractivity contribution in [2.24, 2.45) is 9.98 Å². The fraction of sp³-hybridized carbons (Fsp3) is 0.227. The van der Waals surface area contributed by atoms with Crippen LogP contribution < -0.4 is 10.6 Å². The van der Waals surface area contributed by atoms with Crippen molar-refractivity contribution in [2.45, 2.75) is 12.8 Å². The van der Waals surface area contributed by atoms with Crippen LogP contribution in [0.2, 0.25) is 0 Å². The number of hydrogen-bond donors (Lipinski definition) is 2. The van der Waals surface area contributed by atoms with Crippen LogP contribution in [0.4, 0.5) is 5.69 Å². The molecule has 2 aromatic carbocycles. The monoisotopic (exact) mass is 390 g/mol. The number of hydrogen-bond acceptors (Lipinski definition) is 5. The number of thioether (sulfide) groups is 1. The first-order valence-corrected chi connectivity index (χ1v) is 10.5. The molecule has 6 heteroatoms. The molecule has 0 aromatic heterocycles. The molecule has 0 unspecified atom stereocenters. The largest absolute Gasteiger partial charge is 0.344 e. The Hall–Kier alpha value is -2.86. The van der Waals surface area contributed by atoms with Crippen LogP contribution in [0.1, 0.15) is 17.5 Å². The molecule has 28 heavy (non-hydrogen) atoms. The minimum atomic E-state index is -0.115. The molecule has 0 aliphatic carbocycles. The first-order chi connectivity index (χ1) is 13.8. The Kier molecular flexibility index (Phi) is 5.87. The summed E-state index contributed by atoms with van der Waals surface area (Å²) in [6.45, 7) is 0.761. The Morgan fingerprint density at radius 2 is 1.89 bits per heavy atom. The second-order valence-corrected chi connectivity index (χ2v) is 7.60. The van der Waals surface area contributed by atoms with Gasteiger partial charge in [-0.1, -0.05) is 36.4 Å². The number of amides is 1. The molecule has 0 saturated carbocycles. The first kappa shape index (κ1) is 18.5. The predicted molar refractivity (Wildman–Crippen MR) is 117 cm³/mol. The van der Waals surface area contributed by atoms with Gasteiger partial charge in [-0.25, -0.2) is 0 Å². The summed E-state index contributed by atoms with van der Waals surface area (Å²) in [5.41, 5.74) is 4.82. The van der Waals surface area contributed by atoms with Gasteiger partial charge in [-0.05, 0) is 36.2 Å². The Labute approximate surface area is 169 Å². The van der Waals surface area contributed by atoms with Crippen LogP contribution in [-0.2, 0) is 11.2 Å². The number of rotatable bonds is 5. The molecule has 0 atom stereocenters. The maximum atomic E-state index is 12.2. The van der Waals surface area contributed by atoms with Gasteiger partial charge in [-0.15, -0.1) is 11.8 Å². The summed E-state index contributed by atoms with van der Waals surface area (Å²) in [5, 5.41) is 6.40. The number of anilines is 1. The fourth-order valence-electron chi connectivity index (χ4n) is 3.12. The maximum Gasteiger partial charge on any atom is 0.270 e. The van der Waals surface area contributed by atoms with Crippen LogP contribution in [-0.4, -0.2) is 35.6 Å². The number of nitrogens with zero attached hydrogens (tertiary/aromatic N) is 2. The van der Waals surface area contributed by atoms with Gasteiger partial charge in [0.2, 0.25) is 0 Å². The highest BCUT2D eigenvalue weighted by Crippen LogP contribution is 2.16. The summed E-state index contributed by atoms with van der Waals surface area (Å²) >= 11 is 1.65. The van der Waals surface area contributed by atoms with Gasteiger partial charge >= 0.3 is 0 Å². The first-order valence-electron chi connectivity index (χ1n) is 9.35. The average Bonchev–Trinajstić information content (AvgIpc) is 3.17. The van der Waals surface area contributed by atoms with E-state index in [1.54, 1.807) is 11.8 Å². The van der Waals surface area contributed by atoms with E-state index in [0.717, 1.165) is 42.2 Å². The summed E-state index contributed by atoms with van der Waals surface area (Å²) in [4.78, 5) is 21.1. The van der Waals surface area contributed by atoms with Crippen molar-refractivity contribution in [2.75, 3.05) is 23.5 Å². The molecular weight excluding hydrogens is 368 g/mol. The van der Waals surface area contributed by atoms with Crippen molar-refractivity contribution < 1.29 is 4.79 Å². The number of benzene rings is 2. The zero-order chi connectivity index (χ0) is 19.2. The zero-order valence-corrected chi connectivity index (χ0v) is 16.3. The van der Waals surface area contributed by atoms with E-state index in [1.807, 2.05) is 30.3 Å². The number of carbonyl (C=O) groups excluding carboxylic acids is 1. The van der Waals surface area contributed by atoms with Crippen molar-refractivity contribution in [3.8, 4) is 0 Å². The lowest BCUT2D eigenvalue weighted by Gasteiger charge is -2.13. The van der Waals surface area contributed by atoms with Crippen LogP contribution in [0.3, 0.4) is 0 Å². The molecule has 0 saturated heterocycles. The number of carbonyl (C=O) groups is 1. The lowest BCUT2D eigenvalue weighted by atomic mass is 10.1. The van der Waals surface area contributed by atoms with Gasteiger partial charge in [-0.2, -0.15) is 0 Å². The molecule has 2 aliphatic heterocycles. The minimum absolute atomic E-state index is 0.115. The van der Waals surface area contributed by atoms with E-state index in [9.17, 15) is 4.79 Å². The van der Waals surface area contributed by atoms with E-state index >= 15 is 0 Å². The van der Waals surface area contributed by atoms with Crippen molar-refractivity contribution >= 4 is 34.9 Å². The Morgan fingerprint density at radius 1 is 1.07 bits per heavy atom. The Bertz CT molecular complexity index is 933. The highest BCUT2D eigenvalue weighted by molar-refractivity contribution is 8.00. The third kappa shape index (κ3) is 4.70. The second-order valence-electron chi connectivity index (χ2n) is 6.65. The van der Waals surface area contributed by atoms with Gasteiger partial charge in [0.25, 0.3) is 5.91 Å². The summed E-state index contributed by atoms with van der Waals surface area (Å²) in [6.07, 6.45) is 4.00. The molecule has 5 nitrogen and oxygen atoms in total. The fourth-order valence-corrected chi connectivity index (χ4v) is 3.87. The molecule has 4 rings (SSSR count). The van der Waals surface area contributed by atoms with Gasteiger partial charge in [0.15, 0.2) is 0 Å². The second kappa shape index (κ2) is 8.89. The van der Waals surface area contributed by atoms with E-state index < -0.39 is 0 Å². The number of nitrogens with one attached hydrogen (secondary N) is 2. The van der Waals surface area contributed by atoms with E-state index in [0.29, 0.717) is 17.3 Å². The molecule has 142 valence electrons. The summed E-state index contributed by atoms with van der Waals surface area (Å²) in [6, 6.07) is 18.2. The SMILES string of the molecule is O=C(Nc1ccc(C2=NCCC=C(Cc3ccccc3)N2)cc1)C1=NCSC1. The average molecular weight is 391 g/mol. The summed E-state index contributed by atoms with van der Waals surface area (Å²) < 4.78 is 0. The molecule has 2 N–H and O–H groups in total. The number of amidine groups is 1. The standard InChI is InChI=1S/C22H22N4OS/c27-22(20-14-28-15-24-20)26-18-10-8-17(9-11-18)21-23-12-4-7-19(25-21)13-16-5-2-1-3-6-16/h1-3,5-11H,4,12-15H2,(H,23,25)(H,26,27). The summed E-state index contributed by atoms with van der Waals surface area (Å²) in [5.74, 6) is 2.11. The number of allylic oxidation sites excluding steroid dienone is 1. The van der Waals surface area contributed by atoms with Crippen LogP contribution in [0.5, 0.6) is 0 Å². The van der Waals surface area contributed by atoms with Gasteiger partial charge < -0.3 is 10.6 Å². The molecule has 0 bridgehead atoms. The molecule has 0 spiro atoms. The zero-order valence-electron chi connectivity index (χ0n) is 15.5. The molecule has 0 fully saturated rings. The van der Waals surface area contributed by atoms with Crippen molar-refractivity contribution in [3.63, 3.8) is 0 Å². The van der Waals surface area contributed by atoms with Crippen LogP contribution in [0.15, 0.2) is 76.4 Å². The third-order valence-electron chi connectivity index (χ3n) is 4.57. The Balaban J connectivity index is 1.42. The molecule has 2 heterocycles. The topological polar surface area (TPSA) is 65.8 Å². The van der Waals surface area contributed by atoms with Crippen molar-refractivity contribution in [3.05, 3.63) is 77.5 Å². The van der Waals surface area contributed by atoms with Crippen molar-refractivity contribution in [1.82, 2.24) is 5.32 Å². The smallest absolute Gasteiger partial charge is 0.270 e. The normalized spacial score (nSPS) is 16.4. The third-order valence-corrected chi connectivity index (χ3v) is 5.36. The molecule has 2 aromatic rings. The van der Waals surface area contributed by atoms with Crippen molar-refractivity contribution in [1.29, 1.82) is 0 Å².